The van der Waals surface area contributed by atoms with Gasteiger partial charge in [0.15, 0.2) is 0 Å². The van der Waals surface area contributed by atoms with Crippen LogP contribution in [-0.2, 0) is 0 Å². The molecule has 2 N–H and O–H groups in total. The smallest absolute Gasteiger partial charge is 0.0131 e. The monoisotopic (exact) mass is 191 g/mol. The van der Waals surface area contributed by atoms with Crippen molar-refractivity contribution in [1.29, 1.82) is 0 Å². The van der Waals surface area contributed by atoms with Crippen LogP contribution in [0.1, 0.15) is 39.0 Å². The van der Waals surface area contributed by atoms with Crippen molar-refractivity contribution >= 4 is 0 Å². The third kappa shape index (κ3) is 0.816. The third-order valence-corrected chi connectivity index (χ3v) is 5.90. The second-order valence-electron chi connectivity index (χ2n) is 6.96. The van der Waals surface area contributed by atoms with Gasteiger partial charge in [0, 0.05) is 5.54 Å². The average molecular weight is 191 g/mol. The van der Waals surface area contributed by atoms with Crippen molar-refractivity contribution in [1.82, 2.24) is 0 Å². The molecule has 0 heterocycles. The molecule has 7 atom stereocenters. The van der Waals surface area contributed by atoms with Crippen molar-refractivity contribution in [2.24, 2.45) is 41.2 Å². The van der Waals surface area contributed by atoms with Crippen molar-refractivity contribution in [3.63, 3.8) is 0 Å². The van der Waals surface area contributed by atoms with Gasteiger partial charge in [0.1, 0.15) is 0 Å². The van der Waals surface area contributed by atoms with Gasteiger partial charge in [-0.1, -0.05) is 0 Å². The first-order valence-corrected chi connectivity index (χ1v) is 6.43. The van der Waals surface area contributed by atoms with E-state index in [9.17, 15) is 0 Å². The van der Waals surface area contributed by atoms with Crippen LogP contribution in [0.25, 0.3) is 0 Å². The fraction of sp³-hybridized carbons (Fsp3) is 1.00. The molecule has 0 aromatic carbocycles. The number of hydrogen-bond donors (Lipinski definition) is 1. The molecule has 4 rings (SSSR count). The van der Waals surface area contributed by atoms with Crippen molar-refractivity contribution in [2.75, 3.05) is 0 Å². The lowest BCUT2D eigenvalue weighted by molar-refractivity contribution is 0.0100. The average Bonchev–Trinajstić information content (AvgIpc) is 2.27. The standard InChI is InChI=1S/C13H21N/c1-13(14)5-9-3-7-2-8-4-10(6-13)12(8)11(7)9/h7-12H,2-6,14H2,1H3/t7-,8?,9?,10?,11?,12-,13?/m0/s1. The summed E-state index contributed by atoms with van der Waals surface area (Å²) in [4.78, 5) is 0. The summed E-state index contributed by atoms with van der Waals surface area (Å²) >= 11 is 0. The van der Waals surface area contributed by atoms with Crippen LogP contribution in [0.4, 0.5) is 0 Å². The summed E-state index contributed by atoms with van der Waals surface area (Å²) in [5.74, 6) is 6.57. The molecule has 0 bridgehead atoms. The first-order valence-electron chi connectivity index (χ1n) is 6.43. The summed E-state index contributed by atoms with van der Waals surface area (Å²) in [7, 11) is 0. The lowest BCUT2D eigenvalue weighted by atomic mass is 9.58. The van der Waals surface area contributed by atoms with E-state index in [1.165, 1.54) is 25.7 Å². The molecule has 78 valence electrons. The number of rotatable bonds is 0. The number of hydrogen-bond acceptors (Lipinski definition) is 1. The van der Waals surface area contributed by atoms with Gasteiger partial charge < -0.3 is 5.73 Å². The Morgan fingerprint density at radius 3 is 1.79 bits per heavy atom. The molecule has 0 spiro atoms. The van der Waals surface area contributed by atoms with Gasteiger partial charge in [-0.15, -0.1) is 0 Å². The summed E-state index contributed by atoms with van der Waals surface area (Å²) in [6, 6.07) is 0. The summed E-state index contributed by atoms with van der Waals surface area (Å²) in [6.07, 6.45) is 7.29. The van der Waals surface area contributed by atoms with Gasteiger partial charge in [0.2, 0.25) is 0 Å². The highest BCUT2D eigenvalue weighted by molar-refractivity contribution is 5.13. The van der Waals surface area contributed by atoms with Crippen LogP contribution in [0, 0.1) is 35.5 Å². The highest BCUT2D eigenvalue weighted by atomic mass is 14.8. The van der Waals surface area contributed by atoms with E-state index in [-0.39, 0.29) is 5.54 Å². The van der Waals surface area contributed by atoms with Crippen LogP contribution < -0.4 is 5.73 Å². The molecule has 1 heteroatoms. The van der Waals surface area contributed by atoms with Crippen LogP contribution in [0.2, 0.25) is 0 Å². The molecule has 14 heavy (non-hydrogen) atoms. The van der Waals surface area contributed by atoms with E-state index in [0.717, 1.165) is 35.5 Å². The van der Waals surface area contributed by atoms with Gasteiger partial charge in [0.25, 0.3) is 0 Å². The Morgan fingerprint density at radius 2 is 1.29 bits per heavy atom. The Balaban J connectivity index is 1.70. The fourth-order valence-corrected chi connectivity index (χ4v) is 5.66. The van der Waals surface area contributed by atoms with Gasteiger partial charge in [0.05, 0.1) is 0 Å². The second kappa shape index (κ2) is 2.21. The van der Waals surface area contributed by atoms with Gasteiger partial charge >= 0.3 is 0 Å². The van der Waals surface area contributed by atoms with Gasteiger partial charge in [-0.2, -0.15) is 0 Å². The molecule has 0 aromatic rings. The Morgan fingerprint density at radius 1 is 0.857 bits per heavy atom. The molecule has 5 unspecified atom stereocenters. The molecular weight excluding hydrogens is 170 g/mol. The van der Waals surface area contributed by atoms with E-state index in [2.05, 4.69) is 6.92 Å². The third-order valence-electron chi connectivity index (χ3n) is 5.90. The molecule has 4 aliphatic carbocycles. The zero-order valence-corrected chi connectivity index (χ0v) is 9.08. The van der Waals surface area contributed by atoms with Crippen LogP contribution in [0.15, 0.2) is 0 Å². The maximum absolute atomic E-state index is 6.41. The van der Waals surface area contributed by atoms with E-state index in [4.69, 9.17) is 5.73 Å². The van der Waals surface area contributed by atoms with E-state index in [1.807, 2.05) is 0 Å². The van der Waals surface area contributed by atoms with Gasteiger partial charge in [-0.05, 0) is 74.5 Å². The Labute approximate surface area is 86.4 Å². The highest BCUT2D eigenvalue weighted by Gasteiger charge is 2.63. The Hall–Kier alpha value is -0.0400. The van der Waals surface area contributed by atoms with E-state index >= 15 is 0 Å². The fourth-order valence-electron chi connectivity index (χ4n) is 5.66. The Kier molecular flexibility index (Phi) is 1.29. The minimum atomic E-state index is 0.176. The lowest BCUT2D eigenvalue weighted by Crippen LogP contribution is -2.43. The topological polar surface area (TPSA) is 26.0 Å². The molecule has 0 radical (unpaired) electrons. The lowest BCUT2D eigenvalue weighted by Gasteiger charge is -2.47. The molecule has 0 amide bonds. The molecule has 4 aliphatic rings. The summed E-state index contributed by atoms with van der Waals surface area (Å²) < 4.78 is 0. The van der Waals surface area contributed by atoms with Crippen molar-refractivity contribution in [3.05, 3.63) is 0 Å². The molecule has 4 fully saturated rings. The van der Waals surface area contributed by atoms with Crippen LogP contribution in [-0.4, -0.2) is 5.54 Å². The predicted octanol–water partition coefficient (Wildman–Crippen LogP) is 2.41. The Bertz CT molecular complexity index is 257. The zero-order chi connectivity index (χ0) is 9.50. The minimum Gasteiger partial charge on any atom is -0.325 e. The first-order chi connectivity index (χ1) is 6.64. The largest absolute Gasteiger partial charge is 0.325 e. The quantitative estimate of drug-likeness (QED) is 0.625. The molecular formula is C13H21N. The van der Waals surface area contributed by atoms with Crippen LogP contribution in [0.5, 0.6) is 0 Å². The maximum Gasteiger partial charge on any atom is 0.0131 e. The van der Waals surface area contributed by atoms with E-state index in [0.29, 0.717) is 0 Å². The molecule has 1 nitrogen and oxygen atoms in total. The summed E-state index contributed by atoms with van der Waals surface area (Å²) in [5.41, 5.74) is 6.59. The van der Waals surface area contributed by atoms with Crippen LogP contribution in [0.3, 0.4) is 0 Å². The second-order valence-corrected chi connectivity index (χ2v) is 6.96. The van der Waals surface area contributed by atoms with Crippen molar-refractivity contribution in [3.8, 4) is 0 Å². The maximum atomic E-state index is 6.41. The SMILES string of the molecule is CC1(N)CC2C[C@@H]3CC4CC(C1)[C@H]4C23. The van der Waals surface area contributed by atoms with E-state index in [1.54, 1.807) is 6.42 Å². The molecule has 0 aliphatic heterocycles. The predicted molar refractivity (Wildman–Crippen MR) is 56.6 cm³/mol. The van der Waals surface area contributed by atoms with Crippen LogP contribution >= 0.6 is 0 Å². The molecule has 0 aromatic heterocycles. The van der Waals surface area contributed by atoms with Crippen molar-refractivity contribution < 1.29 is 0 Å². The molecule has 0 saturated heterocycles. The van der Waals surface area contributed by atoms with Gasteiger partial charge in [-0.3, -0.25) is 0 Å². The summed E-state index contributed by atoms with van der Waals surface area (Å²) in [6.45, 7) is 2.30. The minimum absolute atomic E-state index is 0.176. The van der Waals surface area contributed by atoms with Crippen molar-refractivity contribution in [2.45, 2.75) is 44.6 Å². The zero-order valence-electron chi connectivity index (χ0n) is 9.08. The molecule has 4 saturated carbocycles. The number of nitrogens with two attached hydrogens (primary N) is 1. The summed E-state index contributed by atoms with van der Waals surface area (Å²) in [5, 5.41) is 0. The van der Waals surface area contributed by atoms with E-state index < -0.39 is 0 Å². The normalized spacial score (nSPS) is 69.0. The van der Waals surface area contributed by atoms with Gasteiger partial charge in [-0.25, -0.2) is 0 Å². The highest BCUT2D eigenvalue weighted by Crippen LogP contribution is 2.69. The first kappa shape index (κ1) is 8.15.